The summed E-state index contributed by atoms with van der Waals surface area (Å²) in [6, 6.07) is 26.1. The second kappa shape index (κ2) is 6.47. The molecule has 0 aliphatic heterocycles. The van der Waals surface area contributed by atoms with E-state index in [2.05, 4.69) is 6.07 Å². The molecule has 0 radical (unpaired) electrons. The minimum atomic E-state index is 0.508. The molecule has 0 saturated heterocycles. The maximum Gasteiger partial charge on any atom is 0.171 e. The van der Waals surface area contributed by atoms with Crippen LogP contribution in [0.3, 0.4) is 0 Å². The van der Waals surface area contributed by atoms with Crippen molar-refractivity contribution < 1.29 is 9.47 Å². The molecule has 0 aliphatic carbocycles. The molecule has 0 amide bonds. The molecule has 0 saturated carbocycles. The molecule has 0 aromatic heterocycles. The van der Waals surface area contributed by atoms with E-state index >= 15 is 0 Å². The number of hydrogen-bond donors (Lipinski definition) is 0. The highest BCUT2D eigenvalue weighted by atomic mass is 16.5. The second-order valence-corrected chi connectivity index (χ2v) is 4.60. The van der Waals surface area contributed by atoms with Crippen LogP contribution in [0, 0.1) is 11.3 Å². The van der Waals surface area contributed by atoms with Crippen LogP contribution in [0.15, 0.2) is 78.9 Å². The first-order chi connectivity index (χ1) is 10.8. The number of para-hydroxylation sites is 2. The molecule has 0 spiro atoms. The fourth-order valence-corrected chi connectivity index (χ4v) is 1.97. The van der Waals surface area contributed by atoms with Crippen molar-refractivity contribution in [1.29, 1.82) is 5.26 Å². The monoisotopic (exact) mass is 287 g/mol. The van der Waals surface area contributed by atoms with Crippen LogP contribution >= 0.6 is 0 Å². The number of nitriles is 1. The molecule has 0 N–H and O–H groups in total. The predicted molar refractivity (Wildman–Crippen MR) is 84.2 cm³/mol. The van der Waals surface area contributed by atoms with Crippen LogP contribution in [0.2, 0.25) is 0 Å². The molecule has 22 heavy (non-hydrogen) atoms. The minimum absolute atomic E-state index is 0.508. The fraction of sp³-hybridized carbons (Fsp3) is 0. The summed E-state index contributed by atoms with van der Waals surface area (Å²) in [5, 5.41) is 9.06. The summed E-state index contributed by atoms with van der Waals surface area (Å²) < 4.78 is 11.7. The Labute approximate surface area is 129 Å². The van der Waals surface area contributed by atoms with Crippen LogP contribution in [0.5, 0.6) is 23.0 Å². The zero-order valence-electron chi connectivity index (χ0n) is 11.8. The lowest BCUT2D eigenvalue weighted by Gasteiger charge is -2.12. The van der Waals surface area contributed by atoms with E-state index in [1.807, 2.05) is 60.7 Å². The molecule has 3 heteroatoms. The van der Waals surface area contributed by atoms with E-state index < -0.39 is 0 Å². The van der Waals surface area contributed by atoms with Gasteiger partial charge in [0, 0.05) is 6.07 Å². The van der Waals surface area contributed by atoms with Crippen molar-refractivity contribution in [3.05, 3.63) is 84.4 Å². The fourth-order valence-electron chi connectivity index (χ4n) is 1.97. The Morgan fingerprint density at radius 1 is 0.636 bits per heavy atom. The molecule has 0 aliphatic rings. The lowest BCUT2D eigenvalue weighted by Crippen LogP contribution is -1.91. The average molecular weight is 287 g/mol. The number of nitrogens with zero attached hydrogens (tertiary/aromatic N) is 1. The van der Waals surface area contributed by atoms with Gasteiger partial charge < -0.3 is 9.47 Å². The summed E-state index contributed by atoms with van der Waals surface area (Å²) in [6.07, 6.45) is 0. The van der Waals surface area contributed by atoms with Gasteiger partial charge in [-0.15, -0.1) is 0 Å². The molecular weight excluding hydrogens is 274 g/mol. The van der Waals surface area contributed by atoms with Crippen LogP contribution in [-0.2, 0) is 0 Å². The van der Waals surface area contributed by atoms with Crippen LogP contribution < -0.4 is 9.47 Å². The summed E-state index contributed by atoms with van der Waals surface area (Å²) in [7, 11) is 0. The number of ether oxygens (including phenoxy) is 2. The van der Waals surface area contributed by atoms with Gasteiger partial charge in [-0.05, 0) is 36.4 Å². The Balaban J connectivity index is 1.94. The smallest absolute Gasteiger partial charge is 0.171 e. The summed E-state index contributed by atoms with van der Waals surface area (Å²) in [5.74, 6) is 2.48. The molecule has 3 aromatic rings. The summed E-state index contributed by atoms with van der Waals surface area (Å²) >= 11 is 0. The van der Waals surface area contributed by atoms with Gasteiger partial charge in [-0.25, -0.2) is 0 Å². The quantitative estimate of drug-likeness (QED) is 0.667. The second-order valence-electron chi connectivity index (χ2n) is 4.60. The van der Waals surface area contributed by atoms with Gasteiger partial charge in [-0.3, -0.25) is 0 Å². The highest BCUT2D eigenvalue weighted by molar-refractivity contribution is 5.50. The third-order valence-electron chi connectivity index (χ3n) is 3.01. The molecule has 0 bridgehead atoms. The van der Waals surface area contributed by atoms with Gasteiger partial charge in [0.05, 0.1) is 11.6 Å². The Morgan fingerprint density at radius 3 is 1.73 bits per heavy atom. The van der Waals surface area contributed by atoms with Crippen molar-refractivity contribution >= 4 is 0 Å². The van der Waals surface area contributed by atoms with E-state index in [9.17, 15) is 0 Å². The highest BCUT2D eigenvalue weighted by Gasteiger charge is 2.09. The first kappa shape index (κ1) is 13.7. The molecule has 0 heterocycles. The standard InChI is InChI=1S/C19H13NO2/c20-14-15-11-12-18(21-16-7-3-1-4-8-16)19(13-15)22-17-9-5-2-6-10-17/h1-13H. The maximum atomic E-state index is 9.06. The van der Waals surface area contributed by atoms with Crippen LogP contribution in [0.1, 0.15) is 5.56 Å². The Bertz CT molecular complexity index is 793. The van der Waals surface area contributed by atoms with E-state index in [1.165, 1.54) is 0 Å². The van der Waals surface area contributed by atoms with E-state index in [0.29, 0.717) is 28.6 Å². The van der Waals surface area contributed by atoms with Crippen molar-refractivity contribution in [2.24, 2.45) is 0 Å². The van der Waals surface area contributed by atoms with E-state index in [4.69, 9.17) is 14.7 Å². The average Bonchev–Trinajstić information content (AvgIpc) is 2.58. The van der Waals surface area contributed by atoms with Gasteiger partial charge in [0.15, 0.2) is 11.5 Å². The zero-order valence-corrected chi connectivity index (χ0v) is 11.8. The van der Waals surface area contributed by atoms with Crippen molar-refractivity contribution in [1.82, 2.24) is 0 Å². The number of hydrogen-bond acceptors (Lipinski definition) is 3. The van der Waals surface area contributed by atoms with Gasteiger partial charge in [0.1, 0.15) is 11.5 Å². The Hall–Kier alpha value is -3.25. The molecule has 0 unspecified atom stereocenters. The topological polar surface area (TPSA) is 42.2 Å². The van der Waals surface area contributed by atoms with Crippen LogP contribution in [0.25, 0.3) is 0 Å². The number of rotatable bonds is 4. The lowest BCUT2D eigenvalue weighted by molar-refractivity contribution is 0.418. The first-order valence-corrected chi connectivity index (χ1v) is 6.85. The van der Waals surface area contributed by atoms with Crippen LogP contribution in [-0.4, -0.2) is 0 Å². The third-order valence-corrected chi connectivity index (χ3v) is 3.01. The van der Waals surface area contributed by atoms with Gasteiger partial charge in [-0.2, -0.15) is 5.26 Å². The molecule has 0 atom stereocenters. The summed E-state index contributed by atoms with van der Waals surface area (Å²) in [6.45, 7) is 0. The SMILES string of the molecule is N#Cc1ccc(Oc2ccccc2)c(Oc2ccccc2)c1. The molecule has 3 nitrogen and oxygen atoms in total. The van der Waals surface area contributed by atoms with E-state index in [-0.39, 0.29) is 0 Å². The van der Waals surface area contributed by atoms with Crippen molar-refractivity contribution in [3.63, 3.8) is 0 Å². The Kier molecular flexibility index (Phi) is 4.03. The molecule has 0 fully saturated rings. The van der Waals surface area contributed by atoms with Crippen molar-refractivity contribution in [2.75, 3.05) is 0 Å². The van der Waals surface area contributed by atoms with Gasteiger partial charge >= 0.3 is 0 Å². The van der Waals surface area contributed by atoms with Crippen molar-refractivity contribution in [2.45, 2.75) is 0 Å². The minimum Gasteiger partial charge on any atom is -0.453 e. The first-order valence-electron chi connectivity index (χ1n) is 6.85. The molecule has 106 valence electrons. The maximum absolute atomic E-state index is 9.06. The summed E-state index contributed by atoms with van der Waals surface area (Å²) in [4.78, 5) is 0. The van der Waals surface area contributed by atoms with E-state index in [0.717, 1.165) is 0 Å². The number of benzene rings is 3. The molecule has 3 aromatic carbocycles. The van der Waals surface area contributed by atoms with Crippen molar-refractivity contribution in [3.8, 4) is 29.1 Å². The van der Waals surface area contributed by atoms with Gasteiger partial charge in [0.25, 0.3) is 0 Å². The van der Waals surface area contributed by atoms with Gasteiger partial charge in [-0.1, -0.05) is 36.4 Å². The largest absolute Gasteiger partial charge is 0.453 e. The molecule has 3 rings (SSSR count). The molecular formula is C19H13NO2. The third kappa shape index (κ3) is 3.25. The predicted octanol–water partition coefficient (Wildman–Crippen LogP) is 5.14. The van der Waals surface area contributed by atoms with E-state index in [1.54, 1.807) is 18.2 Å². The summed E-state index contributed by atoms with van der Waals surface area (Å²) in [5.41, 5.74) is 0.520. The van der Waals surface area contributed by atoms with Crippen LogP contribution in [0.4, 0.5) is 0 Å². The lowest BCUT2D eigenvalue weighted by atomic mass is 10.2. The zero-order chi connectivity index (χ0) is 15.2. The Morgan fingerprint density at radius 2 is 1.18 bits per heavy atom. The highest BCUT2D eigenvalue weighted by Crippen LogP contribution is 2.35. The van der Waals surface area contributed by atoms with Gasteiger partial charge in [0.2, 0.25) is 0 Å². The normalized spacial score (nSPS) is 9.77.